The lowest BCUT2D eigenvalue weighted by Crippen LogP contribution is -2.11. The maximum Gasteiger partial charge on any atom is 0.313 e. The molecule has 0 amide bonds. The number of fused-ring (bicyclic) bond motifs is 1. The molecule has 0 heterocycles. The van der Waals surface area contributed by atoms with E-state index in [0.717, 1.165) is 11.1 Å². The number of rotatable bonds is 3. The van der Waals surface area contributed by atoms with Gasteiger partial charge >= 0.3 is 5.97 Å². The van der Waals surface area contributed by atoms with Crippen LogP contribution < -0.4 is 0 Å². The van der Waals surface area contributed by atoms with E-state index in [1.54, 1.807) is 30.3 Å². The highest BCUT2D eigenvalue weighted by Gasteiger charge is 2.31. The molecular formula is C18H15ClO4. The van der Waals surface area contributed by atoms with Gasteiger partial charge in [-0.15, -0.1) is 0 Å². The Morgan fingerprint density at radius 1 is 1.22 bits per heavy atom. The van der Waals surface area contributed by atoms with Gasteiger partial charge in [0.1, 0.15) is 5.75 Å². The van der Waals surface area contributed by atoms with E-state index in [9.17, 15) is 14.7 Å². The summed E-state index contributed by atoms with van der Waals surface area (Å²) in [7, 11) is 1.35. The maximum atomic E-state index is 12.6. The van der Waals surface area contributed by atoms with Crippen LogP contribution in [0.3, 0.4) is 0 Å². The summed E-state index contributed by atoms with van der Waals surface area (Å²) in [5.41, 5.74) is 2.32. The predicted molar refractivity (Wildman–Crippen MR) is 86.1 cm³/mol. The second kappa shape index (κ2) is 6.05. The van der Waals surface area contributed by atoms with E-state index < -0.39 is 0 Å². The van der Waals surface area contributed by atoms with Crippen LogP contribution in [0.15, 0.2) is 36.4 Å². The molecule has 0 bridgehead atoms. The number of esters is 1. The number of aryl methyl sites for hydroxylation is 1. The minimum absolute atomic E-state index is 0.125. The molecule has 118 valence electrons. The Morgan fingerprint density at radius 3 is 2.57 bits per heavy atom. The molecule has 2 aromatic rings. The summed E-state index contributed by atoms with van der Waals surface area (Å²) in [5, 5.41) is 10.8. The molecule has 0 saturated heterocycles. The summed E-state index contributed by atoms with van der Waals surface area (Å²) in [6.45, 7) is 0. The lowest BCUT2D eigenvalue weighted by atomic mass is 9.95. The van der Waals surface area contributed by atoms with E-state index in [0.29, 0.717) is 23.4 Å². The molecule has 23 heavy (non-hydrogen) atoms. The molecule has 1 unspecified atom stereocenters. The van der Waals surface area contributed by atoms with Crippen molar-refractivity contribution in [3.05, 3.63) is 63.7 Å². The number of benzene rings is 2. The normalized spacial score (nSPS) is 16.0. The van der Waals surface area contributed by atoms with Gasteiger partial charge in [-0.2, -0.15) is 0 Å². The fraction of sp³-hybridized carbons (Fsp3) is 0.222. The summed E-state index contributed by atoms with van der Waals surface area (Å²) < 4.78 is 4.79. The first-order chi connectivity index (χ1) is 11.0. The molecule has 0 radical (unpaired) electrons. The van der Waals surface area contributed by atoms with E-state index in [1.807, 2.05) is 0 Å². The van der Waals surface area contributed by atoms with Crippen molar-refractivity contribution in [2.45, 2.75) is 18.8 Å². The Morgan fingerprint density at radius 2 is 1.91 bits per heavy atom. The van der Waals surface area contributed by atoms with Crippen molar-refractivity contribution >= 4 is 23.4 Å². The Balaban J connectivity index is 1.98. The number of ketones is 1. The number of hydrogen-bond acceptors (Lipinski definition) is 4. The Kier molecular flexibility index (Phi) is 4.09. The number of carbonyl (C=O) groups is 2. The monoisotopic (exact) mass is 330 g/mol. The SMILES string of the molecule is COC(=O)C1CCc2cc(C(=O)c3ccc(Cl)cc3)c(O)cc21. The summed E-state index contributed by atoms with van der Waals surface area (Å²) in [6.07, 6.45) is 1.30. The van der Waals surface area contributed by atoms with Gasteiger partial charge in [0.25, 0.3) is 0 Å². The molecule has 1 aliphatic rings. The molecule has 0 aliphatic heterocycles. The van der Waals surface area contributed by atoms with E-state index in [4.69, 9.17) is 16.3 Å². The molecule has 4 nitrogen and oxygen atoms in total. The van der Waals surface area contributed by atoms with Crippen molar-refractivity contribution in [1.82, 2.24) is 0 Å². The zero-order chi connectivity index (χ0) is 16.6. The molecule has 1 atom stereocenters. The number of methoxy groups -OCH3 is 1. The van der Waals surface area contributed by atoms with Crippen LogP contribution in [0.1, 0.15) is 39.4 Å². The summed E-state index contributed by atoms with van der Waals surface area (Å²) >= 11 is 5.83. The molecule has 3 rings (SSSR count). The summed E-state index contributed by atoms with van der Waals surface area (Å²) in [4.78, 5) is 24.3. The van der Waals surface area contributed by atoms with Crippen LogP contribution in [0.2, 0.25) is 5.02 Å². The predicted octanol–water partition coefficient (Wildman–Crippen LogP) is 3.48. The molecule has 1 N–H and O–H groups in total. The zero-order valence-electron chi connectivity index (χ0n) is 12.5. The standard InChI is InChI=1S/C18H15ClO4/c1-23-18(22)13-7-4-11-8-15(16(20)9-14(11)13)17(21)10-2-5-12(19)6-3-10/h2-3,5-6,8-9,13,20H,4,7H2,1H3. The highest BCUT2D eigenvalue weighted by Crippen LogP contribution is 2.38. The lowest BCUT2D eigenvalue weighted by Gasteiger charge is -2.11. The van der Waals surface area contributed by atoms with Gasteiger partial charge in [-0.25, -0.2) is 0 Å². The molecule has 0 aromatic heterocycles. The number of carbonyl (C=O) groups excluding carboxylic acids is 2. The van der Waals surface area contributed by atoms with E-state index >= 15 is 0 Å². The molecule has 5 heteroatoms. The molecule has 0 saturated carbocycles. The summed E-state index contributed by atoms with van der Waals surface area (Å²) in [5.74, 6) is -1.09. The molecule has 1 aliphatic carbocycles. The van der Waals surface area contributed by atoms with Gasteiger partial charge in [-0.3, -0.25) is 9.59 Å². The Hall–Kier alpha value is -2.33. The number of halogens is 1. The van der Waals surface area contributed by atoms with Crippen LogP contribution in [0, 0.1) is 0 Å². The highest BCUT2D eigenvalue weighted by molar-refractivity contribution is 6.30. The van der Waals surface area contributed by atoms with Crippen LogP contribution in [-0.2, 0) is 16.0 Å². The van der Waals surface area contributed by atoms with Gasteiger partial charge in [0.15, 0.2) is 5.78 Å². The third-order valence-corrected chi connectivity index (χ3v) is 4.42. The van der Waals surface area contributed by atoms with Crippen molar-refractivity contribution in [1.29, 1.82) is 0 Å². The Bertz CT molecular complexity index is 780. The Labute approximate surface area is 138 Å². The third kappa shape index (κ3) is 2.82. The van der Waals surface area contributed by atoms with Crippen LogP contribution in [0.25, 0.3) is 0 Å². The molecule has 0 fully saturated rings. The minimum Gasteiger partial charge on any atom is -0.507 e. The second-order valence-electron chi connectivity index (χ2n) is 5.52. The van der Waals surface area contributed by atoms with Gasteiger partial charge in [0, 0.05) is 10.6 Å². The number of phenolic OH excluding ortho intramolecular Hbond substituents is 1. The van der Waals surface area contributed by atoms with Gasteiger partial charge < -0.3 is 9.84 Å². The van der Waals surface area contributed by atoms with Gasteiger partial charge in [-0.05, 0) is 60.4 Å². The van der Waals surface area contributed by atoms with Crippen LogP contribution in [0.5, 0.6) is 5.75 Å². The first-order valence-corrected chi connectivity index (χ1v) is 7.63. The van der Waals surface area contributed by atoms with Crippen LogP contribution in [-0.4, -0.2) is 24.0 Å². The zero-order valence-corrected chi connectivity index (χ0v) is 13.3. The quantitative estimate of drug-likeness (QED) is 0.691. The fourth-order valence-corrected chi connectivity index (χ4v) is 3.10. The number of phenols is 1. The number of aromatic hydroxyl groups is 1. The average molecular weight is 331 g/mol. The van der Waals surface area contributed by atoms with E-state index in [-0.39, 0.29) is 29.0 Å². The number of ether oxygens (including phenoxy) is 1. The van der Waals surface area contributed by atoms with Gasteiger partial charge in [0.2, 0.25) is 0 Å². The largest absolute Gasteiger partial charge is 0.507 e. The van der Waals surface area contributed by atoms with Crippen molar-refractivity contribution in [2.75, 3.05) is 7.11 Å². The topological polar surface area (TPSA) is 63.6 Å². The molecule has 2 aromatic carbocycles. The van der Waals surface area contributed by atoms with Gasteiger partial charge in [0.05, 0.1) is 18.6 Å². The average Bonchev–Trinajstić information content (AvgIpc) is 2.96. The van der Waals surface area contributed by atoms with Gasteiger partial charge in [-0.1, -0.05) is 11.6 Å². The fourth-order valence-electron chi connectivity index (χ4n) is 2.97. The molecule has 0 spiro atoms. The lowest BCUT2D eigenvalue weighted by molar-refractivity contribution is -0.142. The highest BCUT2D eigenvalue weighted by atomic mass is 35.5. The minimum atomic E-state index is -0.374. The van der Waals surface area contributed by atoms with Crippen molar-refractivity contribution < 1.29 is 19.4 Å². The first kappa shape index (κ1) is 15.6. The third-order valence-electron chi connectivity index (χ3n) is 4.17. The van der Waals surface area contributed by atoms with Crippen molar-refractivity contribution in [2.24, 2.45) is 0 Å². The van der Waals surface area contributed by atoms with Crippen LogP contribution in [0.4, 0.5) is 0 Å². The maximum absolute atomic E-state index is 12.6. The molecular weight excluding hydrogens is 316 g/mol. The van der Waals surface area contributed by atoms with Crippen molar-refractivity contribution in [3.63, 3.8) is 0 Å². The van der Waals surface area contributed by atoms with E-state index in [1.165, 1.54) is 13.2 Å². The smallest absolute Gasteiger partial charge is 0.313 e. The first-order valence-electron chi connectivity index (χ1n) is 7.25. The number of hydrogen-bond donors (Lipinski definition) is 1. The summed E-state index contributed by atoms with van der Waals surface area (Å²) in [6, 6.07) is 9.68. The van der Waals surface area contributed by atoms with E-state index in [2.05, 4.69) is 0 Å². The van der Waals surface area contributed by atoms with Crippen LogP contribution >= 0.6 is 11.6 Å². The second-order valence-corrected chi connectivity index (χ2v) is 5.96. The van der Waals surface area contributed by atoms with Crippen molar-refractivity contribution in [3.8, 4) is 5.75 Å².